The van der Waals surface area contributed by atoms with Gasteiger partial charge in [-0.15, -0.1) is 5.10 Å². The van der Waals surface area contributed by atoms with Gasteiger partial charge in [-0.25, -0.2) is 4.68 Å². The Labute approximate surface area is 139 Å². The molecule has 4 atom stereocenters. The van der Waals surface area contributed by atoms with Gasteiger partial charge in [-0.1, -0.05) is 5.21 Å². The molecular weight excluding hydrogens is 314 g/mol. The molecule has 0 bridgehead atoms. The largest absolute Gasteiger partial charge is 0.388 e. The molecule has 0 aromatic carbocycles. The summed E-state index contributed by atoms with van der Waals surface area (Å²) in [6, 6.07) is 0.244. The van der Waals surface area contributed by atoms with Crippen molar-refractivity contribution in [2.24, 2.45) is 5.73 Å². The highest BCUT2D eigenvalue weighted by Gasteiger charge is 2.47. The first-order valence-corrected chi connectivity index (χ1v) is 8.51. The van der Waals surface area contributed by atoms with Gasteiger partial charge in [0.15, 0.2) is 5.69 Å². The maximum absolute atomic E-state index is 12.4. The number of aromatic nitrogens is 3. The first-order valence-electron chi connectivity index (χ1n) is 8.51. The maximum atomic E-state index is 12.4. The lowest BCUT2D eigenvalue weighted by atomic mass is 9.92. The lowest BCUT2D eigenvalue weighted by molar-refractivity contribution is 0.0178. The summed E-state index contributed by atoms with van der Waals surface area (Å²) in [4.78, 5) is 12.4. The van der Waals surface area contributed by atoms with Crippen LogP contribution in [0.4, 0.5) is 0 Å². The van der Waals surface area contributed by atoms with E-state index in [0.29, 0.717) is 6.61 Å². The van der Waals surface area contributed by atoms with Crippen LogP contribution in [-0.2, 0) is 9.47 Å². The number of ether oxygens (including phenoxy) is 2. The quantitative estimate of drug-likeness (QED) is 0.644. The van der Waals surface area contributed by atoms with E-state index in [4.69, 9.17) is 15.2 Å². The number of aliphatic hydroxyl groups is 1. The predicted molar refractivity (Wildman–Crippen MR) is 82.2 cm³/mol. The molecule has 0 unspecified atom stereocenters. The monoisotopic (exact) mass is 337 g/mol. The lowest BCUT2D eigenvalue weighted by Gasteiger charge is -2.25. The molecule has 24 heavy (non-hydrogen) atoms. The van der Waals surface area contributed by atoms with Gasteiger partial charge in [-0.2, -0.15) is 0 Å². The molecule has 3 heterocycles. The third-order valence-corrected chi connectivity index (χ3v) is 5.20. The fourth-order valence-electron chi connectivity index (χ4n) is 3.77. The minimum Gasteiger partial charge on any atom is -0.388 e. The predicted octanol–water partition coefficient (Wildman–Crippen LogP) is -1.02. The molecule has 3 fully saturated rings. The van der Waals surface area contributed by atoms with Crippen molar-refractivity contribution < 1.29 is 19.4 Å². The Morgan fingerprint density at radius 1 is 1.25 bits per heavy atom. The highest BCUT2D eigenvalue weighted by Crippen LogP contribution is 2.28. The van der Waals surface area contributed by atoms with Crippen molar-refractivity contribution in [2.45, 2.75) is 62.1 Å². The highest BCUT2D eigenvalue weighted by atomic mass is 16.6. The van der Waals surface area contributed by atoms with E-state index in [-0.39, 0.29) is 48.5 Å². The smallest absolute Gasteiger partial charge is 0.273 e. The standard InChI is InChI=1S/C15H23N5O4/c16-8-1-3-9(4-2-8)20-5-10(18-19-20)15(22)17-11-6-23-14-12(21)7-24-13(11)14/h5,8-9,11-14,21H,1-4,6-7,16H2,(H,17,22)/t8?,9?,11-,12-,13-,14-/m1/s1. The van der Waals surface area contributed by atoms with Crippen molar-refractivity contribution in [3.8, 4) is 0 Å². The van der Waals surface area contributed by atoms with Crippen LogP contribution in [0.15, 0.2) is 6.20 Å². The van der Waals surface area contributed by atoms with Gasteiger partial charge in [0.25, 0.3) is 5.91 Å². The van der Waals surface area contributed by atoms with Crippen molar-refractivity contribution in [2.75, 3.05) is 13.2 Å². The van der Waals surface area contributed by atoms with Crippen LogP contribution < -0.4 is 11.1 Å². The van der Waals surface area contributed by atoms with Gasteiger partial charge in [0, 0.05) is 6.04 Å². The Kier molecular flexibility index (Phi) is 4.25. The number of nitrogens with two attached hydrogens (primary N) is 1. The van der Waals surface area contributed by atoms with Gasteiger partial charge < -0.3 is 25.6 Å². The zero-order chi connectivity index (χ0) is 16.7. The molecule has 2 aliphatic heterocycles. The Morgan fingerprint density at radius 2 is 2.00 bits per heavy atom. The van der Waals surface area contributed by atoms with E-state index in [1.165, 1.54) is 0 Å². The van der Waals surface area contributed by atoms with Crippen LogP contribution in [0.3, 0.4) is 0 Å². The summed E-state index contributed by atoms with van der Waals surface area (Å²) in [6.45, 7) is 0.564. The number of hydrogen-bond donors (Lipinski definition) is 3. The van der Waals surface area contributed by atoms with Crippen molar-refractivity contribution in [1.29, 1.82) is 0 Å². The van der Waals surface area contributed by atoms with Crippen LogP contribution in [-0.4, -0.2) is 69.6 Å². The van der Waals surface area contributed by atoms with Crippen LogP contribution >= 0.6 is 0 Å². The number of nitrogens with zero attached hydrogens (tertiary/aromatic N) is 3. The number of hydrogen-bond acceptors (Lipinski definition) is 7. The number of fused-ring (bicyclic) bond motifs is 1. The second-order valence-electron chi connectivity index (χ2n) is 6.90. The minimum atomic E-state index is -0.629. The lowest BCUT2D eigenvalue weighted by Crippen LogP contribution is -2.44. The van der Waals surface area contributed by atoms with Crippen molar-refractivity contribution in [3.05, 3.63) is 11.9 Å². The summed E-state index contributed by atoms with van der Waals surface area (Å²) >= 11 is 0. The number of amides is 1. The SMILES string of the molecule is NC1CCC(n2cc(C(=O)N[C@@H]3CO[C@H]4[C@@H]3OC[C@H]4O)nn2)CC1. The van der Waals surface area contributed by atoms with E-state index < -0.39 is 6.10 Å². The number of rotatable bonds is 3. The molecule has 0 radical (unpaired) electrons. The molecule has 2 saturated heterocycles. The molecular formula is C15H23N5O4. The molecule has 132 valence electrons. The summed E-state index contributed by atoms with van der Waals surface area (Å²) in [6.07, 6.45) is 4.23. The molecule has 1 amide bonds. The number of carbonyl (C=O) groups is 1. The zero-order valence-electron chi connectivity index (χ0n) is 13.4. The molecule has 0 spiro atoms. The van der Waals surface area contributed by atoms with Gasteiger partial charge >= 0.3 is 0 Å². The first-order chi connectivity index (χ1) is 11.6. The Morgan fingerprint density at radius 3 is 2.79 bits per heavy atom. The molecule has 9 nitrogen and oxygen atoms in total. The molecule has 1 saturated carbocycles. The van der Waals surface area contributed by atoms with Gasteiger partial charge in [0.05, 0.1) is 31.5 Å². The summed E-state index contributed by atoms with van der Waals surface area (Å²) in [5.41, 5.74) is 6.21. The van der Waals surface area contributed by atoms with Crippen LogP contribution in [0.2, 0.25) is 0 Å². The normalized spacial score (nSPS) is 38.9. The van der Waals surface area contributed by atoms with Crippen LogP contribution in [0.5, 0.6) is 0 Å². The topological polar surface area (TPSA) is 125 Å². The summed E-state index contributed by atoms with van der Waals surface area (Å²) in [7, 11) is 0. The average Bonchev–Trinajstić information content (AvgIpc) is 3.27. The zero-order valence-corrected chi connectivity index (χ0v) is 13.4. The number of carbonyl (C=O) groups excluding carboxylic acids is 1. The van der Waals surface area contributed by atoms with Crippen LogP contribution in [0.25, 0.3) is 0 Å². The van der Waals surface area contributed by atoms with Crippen molar-refractivity contribution in [1.82, 2.24) is 20.3 Å². The Hall–Kier alpha value is -1.55. The van der Waals surface area contributed by atoms with Gasteiger partial charge in [-0.05, 0) is 25.7 Å². The fourth-order valence-corrected chi connectivity index (χ4v) is 3.77. The summed E-state index contributed by atoms with van der Waals surface area (Å²) < 4.78 is 12.8. The second-order valence-corrected chi connectivity index (χ2v) is 6.90. The van der Waals surface area contributed by atoms with Gasteiger partial charge in [0.2, 0.25) is 0 Å². The second kappa shape index (κ2) is 6.40. The van der Waals surface area contributed by atoms with Crippen LogP contribution in [0.1, 0.15) is 42.2 Å². The van der Waals surface area contributed by atoms with Gasteiger partial charge in [0.1, 0.15) is 18.3 Å². The third kappa shape index (κ3) is 2.92. The molecule has 4 rings (SSSR count). The van der Waals surface area contributed by atoms with Gasteiger partial charge in [-0.3, -0.25) is 4.79 Å². The molecule has 4 N–H and O–H groups in total. The Balaban J connectivity index is 1.37. The molecule has 9 heteroatoms. The van der Waals surface area contributed by atoms with Crippen LogP contribution in [0, 0.1) is 0 Å². The van der Waals surface area contributed by atoms with E-state index in [0.717, 1.165) is 25.7 Å². The van der Waals surface area contributed by atoms with Crippen molar-refractivity contribution in [3.63, 3.8) is 0 Å². The number of nitrogens with one attached hydrogen (secondary N) is 1. The number of aliphatic hydroxyl groups excluding tert-OH is 1. The maximum Gasteiger partial charge on any atom is 0.273 e. The first kappa shape index (κ1) is 15.9. The highest BCUT2D eigenvalue weighted by molar-refractivity contribution is 5.92. The van der Waals surface area contributed by atoms with E-state index >= 15 is 0 Å². The van der Waals surface area contributed by atoms with E-state index in [1.54, 1.807) is 10.9 Å². The Bertz CT molecular complexity index is 600. The molecule has 1 aliphatic carbocycles. The fraction of sp³-hybridized carbons (Fsp3) is 0.800. The third-order valence-electron chi connectivity index (χ3n) is 5.20. The average molecular weight is 337 g/mol. The van der Waals surface area contributed by atoms with E-state index in [2.05, 4.69) is 15.6 Å². The van der Waals surface area contributed by atoms with E-state index in [1.807, 2.05) is 0 Å². The summed E-state index contributed by atoms with van der Waals surface area (Å²) in [5, 5.41) is 20.7. The molecule has 1 aromatic rings. The minimum absolute atomic E-state index is 0.238. The molecule has 3 aliphatic rings. The van der Waals surface area contributed by atoms with Crippen molar-refractivity contribution >= 4 is 5.91 Å². The molecule has 1 aromatic heterocycles. The summed E-state index contributed by atoms with van der Waals surface area (Å²) in [5.74, 6) is -0.298. The van der Waals surface area contributed by atoms with E-state index in [9.17, 15) is 9.90 Å².